The van der Waals surface area contributed by atoms with Crippen molar-refractivity contribution in [2.24, 2.45) is 5.73 Å². The predicted molar refractivity (Wildman–Crippen MR) is 157 cm³/mol. The Morgan fingerprint density at radius 2 is 1.72 bits per heavy atom. The summed E-state index contributed by atoms with van der Waals surface area (Å²) in [7, 11) is -4.17. The lowest BCUT2D eigenvalue weighted by atomic mass is 10.1. The molecule has 11 heteroatoms. The van der Waals surface area contributed by atoms with Crippen molar-refractivity contribution in [2.75, 3.05) is 25.0 Å². The quantitative estimate of drug-likeness (QED) is 0.146. The number of anilines is 1. The van der Waals surface area contributed by atoms with Gasteiger partial charge in [-0.15, -0.1) is 0 Å². The molecule has 0 bridgehead atoms. The number of nitrogens with zero attached hydrogens (tertiary/aromatic N) is 1. The Labute approximate surface area is 234 Å². The molecule has 39 heavy (non-hydrogen) atoms. The maximum atomic E-state index is 14.0. The number of amidine groups is 1. The minimum Gasteiger partial charge on any atom is -0.390 e. The number of nitrogens with one attached hydrogen (secondary N) is 3. The molecular formula is C28H36ClN5O4S. The number of amides is 1. The third-order valence-electron chi connectivity index (χ3n) is 6.27. The fourth-order valence-electron chi connectivity index (χ4n) is 4.20. The number of hydrogen-bond donors (Lipinski definition) is 5. The number of carbonyl (C=O) groups excluding carboxylic acids is 1. The average molecular weight is 574 g/mol. The normalized spacial score (nSPS) is 13.3. The summed E-state index contributed by atoms with van der Waals surface area (Å²) in [6, 6.07) is 15.7. The first-order valence-corrected chi connectivity index (χ1v) is 14.7. The fraction of sp³-hybridized carbons (Fsp3) is 0.357. The molecule has 0 aliphatic heterocycles. The Hall–Kier alpha value is -3.18. The molecule has 2 unspecified atom stereocenters. The highest BCUT2D eigenvalue weighted by molar-refractivity contribution is 7.89. The van der Waals surface area contributed by atoms with Crippen LogP contribution in [-0.4, -0.2) is 61.4 Å². The first-order chi connectivity index (χ1) is 18.6. The van der Waals surface area contributed by atoms with E-state index >= 15 is 0 Å². The molecule has 210 valence electrons. The van der Waals surface area contributed by atoms with Crippen LogP contribution >= 0.6 is 11.6 Å². The Morgan fingerprint density at radius 1 is 1.05 bits per heavy atom. The van der Waals surface area contributed by atoms with Gasteiger partial charge in [-0.05, 0) is 72.1 Å². The van der Waals surface area contributed by atoms with E-state index in [0.29, 0.717) is 47.5 Å². The molecule has 0 fully saturated rings. The van der Waals surface area contributed by atoms with Crippen molar-refractivity contribution in [3.63, 3.8) is 0 Å². The SMILES string of the molecule is CCCNC(=O)C(CCC)N(CC(O)CNc1ccc(C(=N)N)cc1)S(=O)(=O)c1ccc2cc(Cl)ccc2c1. The van der Waals surface area contributed by atoms with Gasteiger partial charge in [0.15, 0.2) is 0 Å². The van der Waals surface area contributed by atoms with Gasteiger partial charge in [-0.25, -0.2) is 8.42 Å². The second-order valence-electron chi connectivity index (χ2n) is 9.35. The van der Waals surface area contributed by atoms with E-state index in [9.17, 15) is 18.3 Å². The molecule has 0 spiro atoms. The second-order valence-corrected chi connectivity index (χ2v) is 11.7. The number of rotatable bonds is 14. The van der Waals surface area contributed by atoms with E-state index in [2.05, 4.69) is 10.6 Å². The number of fused-ring (bicyclic) bond motifs is 1. The second kappa shape index (κ2) is 13.7. The largest absolute Gasteiger partial charge is 0.390 e. The summed E-state index contributed by atoms with van der Waals surface area (Å²) in [5.74, 6) is -0.447. The Morgan fingerprint density at radius 3 is 2.36 bits per heavy atom. The van der Waals surface area contributed by atoms with Crippen molar-refractivity contribution >= 4 is 49.8 Å². The molecule has 0 saturated carbocycles. The van der Waals surface area contributed by atoms with Gasteiger partial charge in [-0.3, -0.25) is 10.2 Å². The fourth-order valence-corrected chi connectivity index (χ4v) is 6.08. The summed E-state index contributed by atoms with van der Waals surface area (Å²) in [4.78, 5) is 13.2. The number of aliphatic hydroxyl groups excluding tert-OH is 1. The highest BCUT2D eigenvalue weighted by Gasteiger charge is 2.36. The van der Waals surface area contributed by atoms with Gasteiger partial charge in [0.05, 0.1) is 11.0 Å². The molecule has 0 aliphatic carbocycles. The summed E-state index contributed by atoms with van der Waals surface area (Å²) >= 11 is 6.08. The van der Waals surface area contributed by atoms with Crippen LogP contribution < -0.4 is 16.4 Å². The zero-order valence-electron chi connectivity index (χ0n) is 22.2. The molecular weight excluding hydrogens is 538 g/mol. The Bertz CT molecular complexity index is 1400. The molecule has 3 rings (SSSR count). The molecule has 0 heterocycles. The van der Waals surface area contributed by atoms with Crippen LogP contribution in [-0.2, 0) is 14.8 Å². The van der Waals surface area contributed by atoms with E-state index in [1.165, 1.54) is 6.07 Å². The van der Waals surface area contributed by atoms with Crippen LogP contribution in [0.15, 0.2) is 65.6 Å². The van der Waals surface area contributed by atoms with Gasteiger partial charge < -0.3 is 21.5 Å². The number of halogens is 1. The van der Waals surface area contributed by atoms with Crippen LogP contribution in [0, 0.1) is 5.41 Å². The minimum atomic E-state index is -4.17. The van der Waals surface area contributed by atoms with E-state index < -0.39 is 28.1 Å². The number of benzene rings is 3. The lowest BCUT2D eigenvalue weighted by Crippen LogP contribution is -2.52. The van der Waals surface area contributed by atoms with Gasteiger partial charge in [-0.1, -0.05) is 44.0 Å². The van der Waals surface area contributed by atoms with E-state index in [1.807, 2.05) is 13.8 Å². The van der Waals surface area contributed by atoms with Crippen LogP contribution in [0.1, 0.15) is 38.7 Å². The van der Waals surface area contributed by atoms with Gasteiger partial charge in [0.25, 0.3) is 0 Å². The molecule has 3 aromatic carbocycles. The summed E-state index contributed by atoms with van der Waals surface area (Å²) in [6.07, 6.45) is 0.456. The van der Waals surface area contributed by atoms with Gasteiger partial charge in [0.2, 0.25) is 15.9 Å². The maximum Gasteiger partial charge on any atom is 0.243 e. The molecule has 0 radical (unpaired) electrons. The first-order valence-electron chi connectivity index (χ1n) is 12.9. The van der Waals surface area contributed by atoms with Crippen molar-refractivity contribution in [3.8, 4) is 0 Å². The maximum absolute atomic E-state index is 14.0. The molecule has 1 amide bonds. The highest BCUT2D eigenvalue weighted by Crippen LogP contribution is 2.27. The Kier molecular flexibility index (Phi) is 10.7. The average Bonchev–Trinajstić information content (AvgIpc) is 2.92. The summed E-state index contributed by atoms with van der Waals surface area (Å²) in [5, 5.41) is 26.4. The third kappa shape index (κ3) is 7.92. The van der Waals surface area contributed by atoms with Crippen molar-refractivity contribution in [3.05, 3.63) is 71.2 Å². The number of aliphatic hydroxyl groups is 1. The lowest BCUT2D eigenvalue weighted by Gasteiger charge is -2.32. The third-order valence-corrected chi connectivity index (χ3v) is 8.38. The summed E-state index contributed by atoms with van der Waals surface area (Å²) in [6.45, 7) is 3.97. The lowest BCUT2D eigenvalue weighted by molar-refractivity contribution is -0.125. The van der Waals surface area contributed by atoms with E-state index in [-0.39, 0.29) is 23.8 Å². The molecule has 0 aliphatic rings. The highest BCUT2D eigenvalue weighted by atomic mass is 35.5. The number of hydrogen-bond acceptors (Lipinski definition) is 6. The van der Waals surface area contributed by atoms with E-state index in [0.717, 1.165) is 9.69 Å². The number of nitrogens with two attached hydrogens (primary N) is 1. The minimum absolute atomic E-state index is 0.0293. The van der Waals surface area contributed by atoms with Crippen molar-refractivity contribution < 1.29 is 18.3 Å². The number of nitrogen functional groups attached to an aromatic ring is 1. The molecule has 0 saturated heterocycles. The van der Waals surface area contributed by atoms with Crippen LogP contribution in [0.4, 0.5) is 5.69 Å². The molecule has 9 nitrogen and oxygen atoms in total. The summed E-state index contributed by atoms with van der Waals surface area (Å²) in [5.41, 5.74) is 6.74. The monoisotopic (exact) mass is 573 g/mol. The van der Waals surface area contributed by atoms with Gasteiger partial charge in [-0.2, -0.15) is 4.31 Å². The first kappa shape index (κ1) is 30.4. The molecule has 0 aromatic heterocycles. The Balaban J connectivity index is 1.91. The van der Waals surface area contributed by atoms with E-state index in [4.69, 9.17) is 22.7 Å². The summed E-state index contributed by atoms with van der Waals surface area (Å²) < 4.78 is 29.1. The van der Waals surface area contributed by atoms with Gasteiger partial charge in [0.1, 0.15) is 11.9 Å². The van der Waals surface area contributed by atoms with Crippen LogP contribution in [0.3, 0.4) is 0 Å². The van der Waals surface area contributed by atoms with Crippen molar-refractivity contribution in [1.82, 2.24) is 9.62 Å². The standard InChI is InChI=1S/C28H36ClN5O4S/c1-3-5-26(28(36)32-14-4-2)34(18-24(35)17-33-23-11-7-19(8-12-23)27(30)31)39(37,38)25-13-9-20-15-22(29)10-6-21(20)16-25/h6-13,15-16,24,26,33,35H,3-5,14,17-18H2,1-2H3,(H3,30,31)(H,32,36). The van der Waals surface area contributed by atoms with Gasteiger partial charge >= 0.3 is 0 Å². The zero-order chi connectivity index (χ0) is 28.6. The molecule has 2 atom stereocenters. The van der Waals surface area contributed by atoms with Crippen LogP contribution in [0.5, 0.6) is 0 Å². The van der Waals surface area contributed by atoms with E-state index in [1.54, 1.807) is 54.6 Å². The van der Waals surface area contributed by atoms with Gasteiger partial charge in [0, 0.05) is 35.9 Å². The predicted octanol–water partition coefficient (Wildman–Crippen LogP) is 3.94. The smallest absolute Gasteiger partial charge is 0.243 e. The van der Waals surface area contributed by atoms with Crippen LogP contribution in [0.25, 0.3) is 10.8 Å². The van der Waals surface area contributed by atoms with Crippen molar-refractivity contribution in [2.45, 2.75) is 50.2 Å². The molecule has 3 aromatic rings. The topological polar surface area (TPSA) is 149 Å². The number of carbonyl (C=O) groups is 1. The van der Waals surface area contributed by atoms with Crippen molar-refractivity contribution in [1.29, 1.82) is 5.41 Å². The van der Waals surface area contributed by atoms with Crippen LogP contribution in [0.2, 0.25) is 5.02 Å². The number of sulfonamides is 1. The molecule has 6 N–H and O–H groups in total. The zero-order valence-corrected chi connectivity index (χ0v) is 23.7.